The summed E-state index contributed by atoms with van der Waals surface area (Å²) >= 11 is 3.39. The van der Waals surface area contributed by atoms with Crippen molar-refractivity contribution in [3.8, 4) is 17.2 Å². The third-order valence-corrected chi connectivity index (χ3v) is 3.60. The summed E-state index contributed by atoms with van der Waals surface area (Å²) < 4.78 is 17.1. The molecule has 4 heteroatoms. The fourth-order valence-electron chi connectivity index (χ4n) is 2.37. The molecule has 0 aliphatic rings. The van der Waals surface area contributed by atoms with Crippen LogP contribution < -0.4 is 14.2 Å². The number of fused-ring (bicyclic) bond motifs is 1. The zero-order valence-corrected chi connectivity index (χ0v) is 15.0. The second kappa shape index (κ2) is 8.28. The van der Waals surface area contributed by atoms with Gasteiger partial charge in [0, 0.05) is 5.39 Å². The van der Waals surface area contributed by atoms with Crippen molar-refractivity contribution in [2.45, 2.75) is 38.1 Å². The van der Waals surface area contributed by atoms with E-state index in [1.807, 2.05) is 37.3 Å². The molecule has 1 atom stereocenters. The molecule has 0 amide bonds. The molecular formula is C18H23BrO3. The SMILES string of the molecule is CCCCCOc1ccc2c(OC)c(OC(C)Br)ccc2c1. The third kappa shape index (κ3) is 4.29. The number of alkyl halides is 1. The van der Waals surface area contributed by atoms with Gasteiger partial charge in [-0.25, -0.2) is 0 Å². The van der Waals surface area contributed by atoms with Crippen molar-refractivity contribution >= 4 is 26.7 Å². The lowest BCUT2D eigenvalue weighted by atomic mass is 10.1. The fraction of sp³-hybridized carbons (Fsp3) is 0.444. The molecule has 0 radical (unpaired) electrons. The van der Waals surface area contributed by atoms with Gasteiger partial charge in [0.2, 0.25) is 0 Å². The van der Waals surface area contributed by atoms with Crippen molar-refractivity contribution < 1.29 is 14.2 Å². The summed E-state index contributed by atoms with van der Waals surface area (Å²) in [5.41, 5.74) is 0. The van der Waals surface area contributed by atoms with E-state index in [0.29, 0.717) is 0 Å². The van der Waals surface area contributed by atoms with Gasteiger partial charge in [-0.15, -0.1) is 0 Å². The Morgan fingerprint density at radius 2 is 1.95 bits per heavy atom. The monoisotopic (exact) mass is 366 g/mol. The molecule has 2 aromatic carbocycles. The van der Waals surface area contributed by atoms with E-state index < -0.39 is 0 Å². The van der Waals surface area contributed by atoms with E-state index in [9.17, 15) is 0 Å². The zero-order chi connectivity index (χ0) is 15.9. The first-order chi connectivity index (χ1) is 10.7. The van der Waals surface area contributed by atoms with Crippen LogP contribution in [-0.4, -0.2) is 18.7 Å². The van der Waals surface area contributed by atoms with Crippen LogP contribution in [0.15, 0.2) is 30.3 Å². The summed E-state index contributed by atoms with van der Waals surface area (Å²) in [6.07, 6.45) is 3.49. The molecule has 22 heavy (non-hydrogen) atoms. The molecule has 1 unspecified atom stereocenters. The smallest absolute Gasteiger partial charge is 0.168 e. The molecule has 2 rings (SSSR count). The van der Waals surface area contributed by atoms with Crippen LogP contribution in [0, 0.1) is 0 Å². The highest BCUT2D eigenvalue weighted by atomic mass is 79.9. The largest absolute Gasteiger partial charge is 0.494 e. The molecule has 0 N–H and O–H groups in total. The first-order valence-electron chi connectivity index (χ1n) is 7.70. The van der Waals surface area contributed by atoms with Crippen LogP contribution in [0.5, 0.6) is 17.2 Å². The van der Waals surface area contributed by atoms with Gasteiger partial charge in [0.1, 0.15) is 5.75 Å². The second-order valence-corrected chi connectivity index (χ2v) is 6.49. The van der Waals surface area contributed by atoms with Crippen LogP contribution in [0.1, 0.15) is 33.1 Å². The van der Waals surface area contributed by atoms with Crippen molar-refractivity contribution in [3.63, 3.8) is 0 Å². The van der Waals surface area contributed by atoms with Crippen LogP contribution in [0.3, 0.4) is 0 Å². The van der Waals surface area contributed by atoms with Crippen molar-refractivity contribution in [1.29, 1.82) is 0 Å². The predicted molar refractivity (Wildman–Crippen MR) is 94.5 cm³/mol. The highest BCUT2D eigenvalue weighted by Crippen LogP contribution is 2.37. The fourth-order valence-corrected chi connectivity index (χ4v) is 2.57. The first-order valence-corrected chi connectivity index (χ1v) is 8.61. The number of hydrogen-bond donors (Lipinski definition) is 0. The Morgan fingerprint density at radius 3 is 2.64 bits per heavy atom. The average Bonchev–Trinajstić information content (AvgIpc) is 2.51. The molecule has 0 aliphatic heterocycles. The lowest BCUT2D eigenvalue weighted by Crippen LogP contribution is -2.03. The molecule has 2 aromatic rings. The summed E-state index contributed by atoms with van der Waals surface area (Å²) in [7, 11) is 1.66. The standard InChI is InChI=1S/C18H23BrO3/c1-4-5-6-11-21-15-8-9-16-14(12-15)7-10-17(18(16)20-3)22-13(2)19/h7-10,12-13H,4-6,11H2,1-3H3. The molecule has 3 nitrogen and oxygen atoms in total. The lowest BCUT2D eigenvalue weighted by Gasteiger charge is -2.15. The Kier molecular flexibility index (Phi) is 6.37. The molecule has 0 saturated heterocycles. The van der Waals surface area contributed by atoms with E-state index in [-0.39, 0.29) is 5.01 Å². The normalized spacial score (nSPS) is 12.2. The van der Waals surface area contributed by atoms with E-state index in [0.717, 1.165) is 41.0 Å². The Balaban J connectivity index is 2.23. The Hall–Kier alpha value is -1.42. The first kappa shape index (κ1) is 16.9. The maximum atomic E-state index is 5.80. The molecule has 0 saturated carbocycles. The maximum Gasteiger partial charge on any atom is 0.168 e. The highest BCUT2D eigenvalue weighted by Gasteiger charge is 2.12. The van der Waals surface area contributed by atoms with Crippen molar-refractivity contribution in [3.05, 3.63) is 30.3 Å². The summed E-state index contributed by atoms with van der Waals surface area (Å²) in [6, 6.07) is 10.0. The number of hydrogen-bond acceptors (Lipinski definition) is 3. The number of methoxy groups -OCH3 is 1. The number of benzene rings is 2. The van der Waals surface area contributed by atoms with E-state index in [1.54, 1.807) is 7.11 Å². The van der Waals surface area contributed by atoms with Crippen molar-refractivity contribution in [2.24, 2.45) is 0 Å². The van der Waals surface area contributed by atoms with E-state index >= 15 is 0 Å². The lowest BCUT2D eigenvalue weighted by molar-refractivity contribution is 0.292. The van der Waals surface area contributed by atoms with Gasteiger partial charge in [0.05, 0.1) is 13.7 Å². The van der Waals surface area contributed by atoms with Gasteiger partial charge < -0.3 is 14.2 Å². The Labute approximate surface area is 140 Å². The van der Waals surface area contributed by atoms with Gasteiger partial charge in [-0.3, -0.25) is 0 Å². The molecular weight excluding hydrogens is 344 g/mol. The quantitative estimate of drug-likeness (QED) is 0.453. The number of ether oxygens (including phenoxy) is 3. The summed E-state index contributed by atoms with van der Waals surface area (Å²) in [4.78, 5) is 0. The molecule has 0 aliphatic carbocycles. The van der Waals surface area contributed by atoms with Gasteiger partial charge >= 0.3 is 0 Å². The van der Waals surface area contributed by atoms with Gasteiger partial charge in [0.25, 0.3) is 0 Å². The van der Waals surface area contributed by atoms with Gasteiger partial charge in [-0.2, -0.15) is 0 Å². The van der Waals surface area contributed by atoms with Gasteiger partial charge in [-0.05, 0) is 58.9 Å². The predicted octanol–water partition coefficient (Wildman–Crippen LogP) is 5.54. The minimum atomic E-state index is -0.0694. The van der Waals surface area contributed by atoms with E-state index in [2.05, 4.69) is 22.9 Å². The highest BCUT2D eigenvalue weighted by molar-refractivity contribution is 9.09. The minimum absolute atomic E-state index is 0.0694. The molecule has 0 bridgehead atoms. The summed E-state index contributed by atoms with van der Waals surface area (Å²) in [5, 5.41) is 2.04. The van der Waals surface area contributed by atoms with Gasteiger partial charge in [0.15, 0.2) is 16.5 Å². The number of halogens is 1. The zero-order valence-electron chi connectivity index (χ0n) is 13.4. The molecule has 0 heterocycles. The molecule has 0 aromatic heterocycles. The van der Waals surface area contributed by atoms with Gasteiger partial charge in [-0.1, -0.05) is 25.8 Å². The maximum absolute atomic E-state index is 5.80. The Morgan fingerprint density at radius 1 is 1.14 bits per heavy atom. The van der Waals surface area contributed by atoms with Crippen LogP contribution in [0.2, 0.25) is 0 Å². The van der Waals surface area contributed by atoms with Crippen molar-refractivity contribution in [1.82, 2.24) is 0 Å². The van der Waals surface area contributed by atoms with Crippen LogP contribution in [0.4, 0.5) is 0 Å². The summed E-state index contributed by atoms with van der Waals surface area (Å²) in [5.74, 6) is 2.38. The molecule has 0 fully saturated rings. The molecule has 0 spiro atoms. The average molecular weight is 367 g/mol. The minimum Gasteiger partial charge on any atom is -0.494 e. The third-order valence-electron chi connectivity index (χ3n) is 3.42. The van der Waals surface area contributed by atoms with E-state index in [4.69, 9.17) is 14.2 Å². The van der Waals surface area contributed by atoms with Crippen LogP contribution in [0.25, 0.3) is 10.8 Å². The van der Waals surface area contributed by atoms with Crippen molar-refractivity contribution in [2.75, 3.05) is 13.7 Å². The molecule has 120 valence electrons. The topological polar surface area (TPSA) is 27.7 Å². The Bertz CT molecular complexity index is 611. The van der Waals surface area contributed by atoms with Crippen LogP contribution >= 0.6 is 15.9 Å². The van der Waals surface area contributed by atoms with Crippen LogP contribution in [-0.2, 0) is 0 Å². The number of rotatable bonds is 8. The number of unbranched alkanes of at least 4 members (excludes halogenated alkanes) is 2. The van der Waals surface area contributed by atoms with E-state index in [1.165, 1.54) is 12.8 Å². The second-order valence-electron chi connectivity index (χ2n) is 5.20. The summed E-state index contributed by atoms with van der Waals surface area (Å²) in [6.45, 7) is 4.88.